The summed E-state index contributed by atoms with van der Waals surface area (Å²) in [6, 6.07) is 0. The molecule has 0 aromatic carbocycles. The molecule has 0 aliphatic heterocycles. The Morgan fingerprint density at radius 2 is 1.19 bits per heavy atom. The number of hydrogen-bond donors (Lipinski definition) is 4. The van der Waals surface area contributed by atoms with E-state index in [9.17, 15) is 9.59 Å². The van der Waals surface area contributed by atoms with E-state index >= 15 is 0 Å². The number of carbonyl (C=O) groups excluding carboxylic acids is 1. The van der Waals surface area contributed by atoms with Crippen LogP contribution in [-0.2, 0) is 14.3 Å². The van der Waals surface area contributed by atoms with Crippen molar-refractivity contribution in [2.24, 2.45) is 11.5 Å². The molecule has 0 saturated heterocycles. The van der Waals surface area contributed by atoms with Crippen LogP contribution in [0.2, 0.25) is 0 Å². The minimum atomic E-state index is -0.889. The monoisotopic (exact) mass is 396 g/mol. The first-order valence-corrected chi connectivity index (χ1v) is 9.13. The van der Waals surface area contributed by atoms with Crippen molar-refractivity contribution in [2.75, 3.05) is 0 Å². The van der Waals surface area contributed by atoms with E-state index in [4.69, 9.17) is 26.4 Å². The van der Waals surface area contributed by atoms with Crippen molar-refractivity contribution in [3.63, 3.8) is 0 Å². The number of hydrogen-bond acceptors (Lipinski definition) is 6. The van der Waals surface area contributed by atoms with Gasteiger partial charge in [0.15, 0.2) is 0 Å². The highest BCUT2D eigenvalue weighted by atomic mass is 35.5. The first-order chi connectivity index (χ1) is 11.4. The van der Waals surface area contributed by atoms with Crippen molar-refractivity contribution in [1.82, 2.24) is 0 Å². The molecule has 0 amide bonds. The van der Waals surface area contributed by atoms with Crippen molar-refractivity contribution >= 4 is 24.3 Å². The molecule has 6 N–H and O–H groups in total. The number of aliphatic hydroxyl groups is 1. The van der Waals surface area contributed by atoms with Crippen LogP contribution in [0, 0.1) is 0 Å². The van der Waals surface area contributed by atoms with Crippen LogP contribution in [0.1, 0.15) is 79.1 Å². The molecule has 2 fully saturated rings. The lowest BCUT2D eigenvalue weighted by molar-refractivity contribution is -0.153. The molecule has 0 unspecified atom stereocenters. The highest BCUT2D eigenvalue weighted by Gasteiger charge is 2.39. The topological polar surface area (TPSA) is 136 Å². The average molecular weight is 397 g/mol. The van der Waals surface area contributed by atoms with Gasteiger partial charge in [0.1, 0.15) is 11.1 Å². The van der Waals surface area contributed by atoms with Crippen molar-refractivity contribution in [3.05, 3.63) is 0 Å². The van der Waals surface area contributed by atoms with Gasteiger partial charge in [-0.1, -0.05) is 25.7 Å². The van der Waals surface area contributed by atoms with Crippen LogP contribution in [0.15, 0.2) is 0 Å². The van der Waals surface area contributed by atoms with Gasteiger partial charge in [0.05, 0.1) is 6.10 Å². The number of carboxylic acid groups (broad SMARTS) is 1. The normalized spacial score (nSPS) is 19.6. The lowest BCUT2D eigenvalue weighted by Crippen LogP contribution is -2.47. The second-order valence-electron chi connectivity index (χ2n) is 7.58. The summed E-state index contributed by atoms with van der Waals surface area (Å²) < 4.78 is 5.07. The number of esters is 1. The largest absolute Gasteiger partial charge is 0.480 e. The molecule has 156 valence electrons. The van der Waals surface area contributed by atoms with Gasteiger partial charge in [0.25, 0.3) is 0 Å². The number of carboxylic acids is 1. The van der Waals surface area contributed by atoms with Crippen LogP contribution in [0.25, 0.3) is 0 Å². The Balaban J connectivity index is 0. The third-order valence-corrected chi connectivity index (χ3v) is 4.17. The molecule has 0 atom stereocenters. The summed E-state index contributed by atoms with van der Waals surface area (Å²) in [6.45, 7) is 7.13. The Morgan fingerprint density at radius 1 is 0.885 bits per heavy atom. The summed E-state index contributed by atoms with van der Waals surface area (Å²) in [4.78, 5) is 21.8. The quantitative estimate of drug-likeness (QED) is 0.537. The Labute approximate surface area is 163 Å². The van der Waals surface area contributed by atoms with E-state index in [0.29, 0.717) is 12.8 Å². The summed E-state index contributed by atoms with van der Waals surface area (Å²) in [6.07, 6.45) is 6.62. The second kappa shape index (κ2) is 12.5. The van der Waals surface area contributed by atoms with Gasteiger partial charge in [-0.3, -0.25) is 9.59 Å². The van der Waals surface area contributed by atoms with Crippen molar-refractivity contribution < 1.29 is 24.5 Å². The van der Waals surface area contributed by atoms with Gasteiger partial charge in [-0.2, -0.15) is 0 Å². The van der Waals surface area contributed by atoms with Crippen LogP contribution in [0.5, 0.6) is 0 Å². The number of carbonyl (C=O) groups is 2. The number of rotatable bonds is 3. The van der Waals surface area contributed by atoms with Crippen molar-refractivity contribution in [3.8, 4) is 0 Å². The summed E-state index contributed by atoms with van der Waals surface area (Å²) in [5.41, 5.74) is 9.81. The summed E-state index contributed by atoms with van der Waals surface area (Å²) in [5, 5.41) is 16.6. The molecule has 7 nitrogen and oxygen atoms in total. The number of nitrogens with two attached hydrogens (primary N) is 2. The number of halogens is 1. The summed E-state index contributed by atoms with van der Waals surface area (Å²) in [5.74, 6) is -1.07. The van der Waals surface area contributed by atoms with E-state index in [-0.39, 0.29) is 30.6 Å². The van der Waals surface area contributed by atoms with E-state index in [2.05, 4.69) is 0 Å². The van der Waals surface area contributed by atoms with E-state index in [1.165, 1.54) is 0 Å². The lowest BCUT2D eigenvalue weighted by atomic mass is 10.00. The van der Waals surface area contributed by atoms with Gasteiger partial charge >= 0.3 is 11.9 Å². The van der Waals surface area contributed by atoms with Gasteiger partial charge in [-0.05, 0) is 53.4 Å². The Kier molecular flexibility index (Phi) is 13.1. The predicted molar refractivity (Wildman–Crippen MR) is 104 cm³/mol. The minimum absolute atomic E-state index is 0. The van der Waals surface area contributed by atoms with Crippen LogP contribution in [0.4, 0.5) is 0 Å². The van der Waals surface area contributed by atoms with Gasteiger partial charge in [0, 0.05) is 6.10 Å². The van der Waals surface area contributed by atoms with E-state index < -0.39 is 17.0 Å². The molecule has 2 rings (SSSR count). The minimum Gasteiger partial charge on any atom is -0.480 e. The number of aliphatic hydroxyl groups excluding tert-OH is 1. The highest BCUT2D eigenvalue weighted by Crippen LogP contribution is 2.28. The number of aliphatic carboxylic acids is 1. The standard InChI is InChI=1S/C9H17NO2.C6H11NO2.C3H8O.ClH/c1-7(2)12-8(11)9(10)5-3-4-6-9;7-6(5(8)9)3-1-2-4-6;1-3(2)4;/h7H,3-6,10H2,1-2H3;1-4,7H2,(H,8,9);3-4H,1-2H3;1H. The zero-order valence-corrected chi connectivity index (χ0v) is 17.3. The van der Waals surface area contributed by atoms with Crippen molar-refractivity contribution in [1.29, 1.82) is 0 Å². The maximum atomic E-state index is 11.4. The lowest BCUT2D eigenvalue weighted by Gasteiger charge is -2.22. The molecule has 2 aliphatic rings. The fourth-order valence-electron chi connectivity index (χ4n) is 2.76. The molecule has 0 heterocycles. The van der Waals surface area contributed by atoms with Gasteiger partial charge < -0.3 is 26.4 Å². The van der Waals surface area contributed by atoms with Crippen LogP contribution in [-0.4, -0.2) is 45.4 Å². The van der Waals surface area contributed by atoms with E-state index in [1.54, 1.807) is 13.8 Å². The molecule has 0 spiro atoms. The maximum Gasteiger partial charge on any atom is 0.326 e. The molecule has 0 radical (unpaired) electrons. The summed E-state index contributed by atoms with van der Waals surface area (Å²) >= 11 is 0. The number of ether oxygens (including phenoxy) is 1. The molecule has 0 aromatic heterocycles. The molecule has 0 bridgehead atoms. The highest BCUT2D eigenvalue weighted by molar-refractivity contribution is 5.85. The molecular formula is C18H37ClN2O5. The predicted octanol–water partition coefficient (Wildman–Crippen LogP) is 2.36. The SMILES string of the molecule is CC(C)O.CC(C)OC(=O)C1(N)CCCC1.Cl.NC1(C(=O)O)CCCC1. The Hall–Kier alpha value is -0.890. The first kappa shape index (κ1) is 27.3. The molecule has 2 aliphatic carbocycles. The molecule has 8 heteroatoms. The van der Waals surface area contributed by atoms with Gasteiger partial charge in [-0.25, -0.2) is 0 Å². The fourth-order valence-corrected chi connectivity index (χ4v) is 2.76. The molecule has 26 heavy (non-hydrogen) atoms. The smallest absolute Gasteiger partial charge is 0.326 e. The Morgan fingerprint density at radius 3 is 1.42 bits per heavy atom. The third kappa shape index (κ3) is 10.3. The van der Waals surface area contributed by atoms with Crippen LogP contribution >= 0.6 is 12.4 Å². The first-order valence-electron chi connectivity index (χ1n) is 9.13. The molecule has 0 aromatic rings. The maximum absolute atomic E-state index is 11.4. The van der Waals surface area contributed by atoms with Gasteiger partial charge in [0.2, 0.25) is 0 Å². The van der Waals surface area contributed by atoms with Crippen LogP contribution < -0.4 is 11.5 Å². The summed E-state index contributed by atoms with van der Waals surface area (Å²) in [7, 11) is 0. The molecule has 2 saturated carbocycles. The third-order valence-electron chi connectivity index (χ3n) is 4.17. The average Bonchev–Trinajstić information content (AvgIpc) is 3.09. The fraction of sp³-hybridized carbons (Fsp3) is 0.889. The second-order valence-corrected chi connectivity index (χ2v) is 7.58. The molecular weight excluding hydrogens is 360 g/mol. The van der Waals surface area contributed by atoms with E-state index in [0.717, 1.165) is 38.5 Å². The van der Waals surface area contributed by atoms with Crippen molar-refractivity contribution in [2.45, 2.75) is 102 Å². The van der Waals surface area contributed by atoms with Gasteiger partial charge in [-0.15, -0.1) is 12.4 Å². The Bertz CT molecular complexity index is 415. The zero-order valence-electron chi connectivity index (χ0n) is 16.5. The van der Waals surface area contributed by atoms with E-state index in [1.807, 2.05) is 13.8 Å². The zero-order chi connectivity index (χ0) is 19.7. The van der Waals surface area contributed by atoms with Crippen LogP contribution in [0.3, 0.4) is 0 Å².